The van der Waals surface area contributed by atoms with Crippen LogP contribution < -0.4 is 19.3 Å². The number of hydrogen-bond acceptors (Lipinski definition) is 8. The molecule has 3 aromatic carbocycles. The third-order valence-electron chi connectivity index (χ3n) is 6.47. The van der Waals surface area contributed by atoms with E-state index in [1.807, 2.05) is 84.9 Å². The van der Waals surface area contributed by atoms with Crippen LogP contribution in [0.3, 0.4) is 0 Å². The van der Waals surface area contributed by atoms with Crippen LogP contribution in [-0.4, -0.2) is 87.2 Å². The highest BCUT2D eigenvalue weighted by Gasteiger charge is 2.28. The first kappa shape index (κ1) is 26.3. The number of rotatable bonds is 16. The van der Waals surface area contributed by atoms with Gasteiger partial charge >= 0.3 is 0 Å². The van der Waals surface area contributed by atoms with E-state index >= 15 is 0 Å². The molecule has 2 aliphatic heterocycles. The van der Waals surface area contributed by atoms with Crippen molar-refractivity contribution in [3.63, 3.8) is 0 Å². The number of benzene rings is 3. The monoisotopic (exact) mass is 520 g/mol. The Morgan fingerprint density at radius 2 is 1.00 bits per heavy atom. The highest BCUT2D eigenvalue weighted by molar-refractivity contribution is 5.47. The maximum Gasteiger partial charge on any atom is 0.119 e. The van der Waals surface area contributed by atoms with Crippen LogP contribution in [0.2, 0.25) is 0 Å². The molecule has 0 spiro atoms. The van der Waals surface area contributed by atoms with Gasteiger partial charge in [0.2, 0.25) is 0 Å². The Morgan fingerprint density at radius 3 is 1.34 bits per heavy atom. The van der Waals surface area contributed by atoms with Crippen LogP contribution in [0.5, 0.6) is 11.5 Å². The first-order valence-electron chi connectivity index (χ1n) is 13.2. The molecule has 5 rings (SSSR count). The summed E-state index contributed by atoms with van der Waals surface area (Å²) in [4.78, 5) is 4.26. The molecule has 0 bridgehead atoms. The molecule has 0 saturated carbocycles. The van der Waals surface area contributed by atoms with Crippen LogP contribution in [0, 0.1) is 0 Å². The van der Waals surface area contributed by atoms with Gasteiger partial charge in [0.25, 0.3) is 0 Å². The molecular formula is C30H36N2O6. The quantitative estimate of drug-likeness (QED) is 0.279. The molecule has 38 heavy (non-hydrogen) atoms. The van der Waals surface area contributed by atoms with E-state index in [4.69, 9.17) is 18.9 Å². The van der Waals surface area contributed by atoms with E-state index < -0.39 is 12.2 Å². The van der Waals surface area contributed by atoms with E-state index in [0.717, 1.165) is 37.7 Å². The summed E-state index contributed by atoms with van der Waals surface area (Å²) in [6.45, 7) is 4.28. The van der Waals surface area contributed by atoms with Crippen molar-refractivity contribution in [1.29, 1.82) is 0 Å². The normalized spacial score (nSPS) is 19.3. The second kappa shape index (κ2) is 13.0. The minimum absolute atomic E-state index is 0.174. The van der Waals surface area contributed by atoms with E-state index in [-0.39, 0.29) is 25.4 Å². The molecule has 0 aliphatic carbocycles. The van der Waals surface area contributed by atoms with Gasteiger partial charge in [0.1, 0.15) is 36.9 Å². The van der Waals surface area contributed by atoms with Gasteiger partial charge in [0.15, 0.2) is 0 Å². The maximum absolute atomic E-state index is 10.6. The van der Waals surface area contributed by atoms with Gasteiger partial charge in [0.05, 0.1) is 25.4 Å². The SMILES string of the molecule is OC(COc1ccc(OCC(O)CN(CC2CO2)c2ccccc2)cc1)CN(CC1CO1)c1ccccc1. The first-order chi connectivity index (χ1) is 18.6. The Balaban J connectivity index is 1.05. The summed E-state index contributed by atoms with van der Waals surface area (Å²) in [6.07, 6.45) is -0.867. The van der Waals surface area contributed by atoms with E-state index in [1.165, 1.54) is 0 Å². The van der Waals surface area contributed by atoms with Crippen LogP contribution in [0.4, 0.5) is 11.4 Å². The molecule has 2 saturated heterocycles. The number of epoxide rings is 2. The van der Waals surface area contributed by atoms with Crippen molar-refractivity contribution in [2.75, 3.05) is 62.4 Å². The Kier molecular flexibility index (Phi) is 8.98. The molecule has 2 N–H and O–H groups in total. The lowest BCUT2D eigenvalue weighted by Crippen LogP contribution is -2.38. The second-order valence-corrected chi connectivity index (χ2v) is 9.79. The molecular weight excluding hydrogens is 484 g/mol. The zero-order valence-corrected chi connectivity index (χ0v) is 21.5. The van der Waals surface area contributed by atoms with Gasteiger partial charge in [0, 0.05) is 37.6 Å². The summed E-state index contributed by atoms with van der Waals surface area (Å²) < 4.78 is 22.4. The van der Waals surface area contributed by atoms with Gasteiger partial charge in [-0.05, 0) is 48.5 Å². The lowest BCUT2D eigenvalue weighted by molar-refractivity contribution is 0.110. The summed E-state index contributed by atoms with van der Waals surface area (Å²) in [5.74, 6) is 1.29. The van der Waals surface area contributed by atoms with Crippen LogP contribution in [0.25, 0.3) is 0 Å². The molecule has 3 aromatic rings. The average molecular weight is 521 g/mol. The highest BCUT2D eigenvalue weighted by Crippen LogP contribution is 2.22. The lowest BCUT2D eigenvalue weighted by atomic mass is 10.2. The van der Waals surface area contributed by atoms with Gasteiger partial charge in [-0.25, -0.2) is 0 Å². The number of anilines is 2. The number of ether oxygens (including phenoxy) is 4. The van der Waals surface area contributed by atoms with Gasteiger partial charge < -0.3 is 39.0 Å². The summed E-state index contributed by atoms with van der Waals surface area (Å²) >= 11 is 0. The summed E-state index contributed by atoms with van der Waals surface area (Å²) in [6, 6.07) is 27.3. The van der Waals surface area contributed by atoms with Gasteiger partial charge in [-0.15, -0.1) is 0 Å². The Bertz CT molecular complexity index is 1000. The van der Waals surface area contributed by atoms with Crippen LogP contribution in [0.1, 0.15) is 0 Å². The maximum atomic E-state index is 10.6. The molecule has 2 aliphatic rings. The van der Waals surface area contributed by atoms with Crippen LogP contribution in [0.15, 0.2) is 84.9 Å². The molecule has 8 nitrogen and oxygen atoms in total. The molecule has 2 heterocycles. The predicted molar refractivity (Wildman–Crippen MR) is 146 cm³/mol. The summed E-state index contributed by atoms with van der Waals surface area (Å²) in [5, 5.41) is 21.2. The van der Waals surface area contributed by atoms with Crippen molar-refractivity contribution in [2.24, 2.45) is 0 Å². The largest absolute Gasteiger partial charge is 0.491 e. The topological polar surface area (TPSA) is 90.5 Å². The minimum atomic E-state index is -0.659. The summed E-state index contributed by atoms with van der Waals surface area (Å²) in [5.41, 5.74) is 2.11. The van der Waals surface area contributed by atoms with Crippen molar-refractivity contribution < 1.29 is 29.2 Å². The fourth-order valence-corrected chi connectivity index (χ4v) is 4.32. The molecule has 2 fully saturated rings. The van der Waals surface area contributed by atoms with Gasteiger partial charge in [-0.3, -0.25) is 0 Å². The fraction of sp³-hybridized carbons (Fsp3) is 0.400. The standard InChI is InChI=1S/C30H36N2O6/c33-25(15-31(17-29-21-37-29)23-7-3-1-4-8-23)19-35-27-11-13-28(14-12-27)36-20-26(34)16-32(18-30-22-38-30)24-9-5-2-6-10-24/h1-14,25-26,29-30,33-34H,15-22H2. The third-order valence-corrected chi connectivity index (χ3v) is 6.47. The minimum Gasteiger partial charge on any atom is -0.491 e. The number of nitrogens with zero attached hydrogens (tertiary/aromatic N) is 2. The Hall–Kier alpha value is -3.30. The fourth-order valence-electron chi connectivity index (χ4n) is 4.32. The number of para-hydroxylation sites is 2. The number of hydrogen-bond donors (Lipinski definition) is 2. The summed E-state index contributed by atoms with van der Waals surface area (Å²) in [7, 11) is 0. The van der Waals surface area contributed by atoms with Crippen molar-refractivity contribution >= 4 is 11.4 Å². The average Bonchev–Trinajstić information content (AvgIpc) is 3.89. The second-order valence-electron chi connectivity index (χ2n) is 9.79. The van der Waals surface area contributed by atoms with Crippen molar-refractivity contribution in [3.05, 3.63) is 84.9 Å². The van der Waals surface area contributed by atoms with Crippen LogP contribution in [-0.2, 0) is 9.47 Å². The molecule has 4 atom stereocenters. The van der Waals surface area contributed by atoms with E-state index in [0.29, 0.717) is 24.6 Å². The van der Waals surface area contributed by atoms with Crippen molar-refractivity contribution in [3.8, 4) is 11.5 Å². The number of aliphatic hydroxyl groups is 2. The first-order valence-corrected chi connectivity index (χ1v) is 13.2. The molecule has 4 unspecified atom stereocenters. The van der Waals surface area contributed by atoms with E-state index in [2.05, 4.69) is 9.80 Å². The predicted octanol–water partition coefficient (Wildman–Crippen LogP) is 2.98. The van der Waals surface area contributed by atoms with E-state index in [1.54, 1.807) is 0 Å². The molecule has 202 valence electrons. The van der Waals surface area contributed by atoms with E-state index in [9.17, 15) is 10.2 Å². The van der Waals surface area contributed by atoms with Gasteiger partial charge in [-0.2, -0.15) is 0 Å². The molecule has 0 aromatic heterocycles. The zero-order chi connectivity index (χ0) is 26.2. The lowest BCUT2D eigenvalue weighted by Gasteiger charge is -2.27. The van der Waals surface area contributed by atoms with Crippen LogP contribution >= 0.6 is 0 Å². The van der Waals surface area contributed by atoms with Crippen molar-refractivity contribution in [1.82, 2.24) is 0 Å². The molecule has 8 heteroatoms. The third kappa shape index (κ3) is 8.36. The number of aliphatic hydroxyl groups excluding tert-OH is 2. The van der Waals surface area contributed by atoms with Crippen molar-refractivity contribution in [2.45, 2.75) is 24.4 Å². The smallest absolute Gasteiger partial charge is 0.119 e. The molecule has 0 radical (unpaired) electrons. The Morgan fingerprint density at radius 1 is 0.632 bits per heavy atom. The molecule has 0 amide bonds. The Labute approximate surface area is 223 Å². The zero-order valence-electron chi connectivity index (χ0n) is 21.5. The highest BCUT2D eigenvalue weighted by atomic mass is 16.6. The van der Waals surface area contributed by atoms with Gasteiger partial charge in [-0.1, -0.05) is 36.4 Å².